The van der Waals surface area contributed by atoms with Gasteiger partial charge in [-0.1, -0.05) is 42.5 Å². The molecule has 2 heterocycles. The summed E-state index contributed by atoms with van der Waals surface area (Å²) in [4.78, 5) is 15.0. The van der Waals surface area contributed by atoms with Crippen LogP contribution < -0.4 is 0 Å². The maximum atomic E-state index is 4.49. The van der Waals surface area contributed by atoms with E-state index in [0.717, 1.165) is 23.6 Å². The van der Waals surface area contributed by atoms with Gasteiger partial charge in [-0.25, -0.2) is 9.97 Å². The number of allylic oxidation sites excluding steroid dienone is 10. The van der Waals surface area contributed by atoms with Crippen LogP contribution in [0.4, 0.5) is 0 Å². The van der Waals surface area contributed by atoms with Crippen molar-refractivity contribution in [3.63, 3.8) is 0 Å². The molecule has 23 heavy (non-hydrogen) atoms. The highest BCUT2D eigenvalue weighted by Gasteiger charge is 2.10. The van der Waals surface area contributed by atoms with Gasteiger partial charge in [-0.3, -0.25) is 0 Å². The summed E-state index contributed by atoms with van der Waals surface area (Å²) in [6.07, 6.45) is 24.9. The van der Waals surface area contributed by atoms with Crippen LogP contribution in [0.3, 0.4) is 0 Å². The van der Waals surface area contributed by atoms with Gasteiger partial charge in [0.05, 0.1) is 30.1 Å². The molecule has 0 unspecified atom stereocenters. The van der Waals surface area contributed by atoms with Crippen LogP contribution in [0.1, 0.15) is 17.2 Å². The Hall–Kier alpha value is -3.14. The predicted molar refractivity (Wildman–Crippen MR) is 92.3 cm³/mol. The predicted octanol–water partition coefficient (Wildman–Crippen LogP) is 3.76. The number of hydrogen-bond donors (Lipinski definition) is 2. The van der Waals surface area contributed by atoms with E-state index in [0.29, 0.717) is 0 Å². The van der Waals surface area contributed by atoms with Crippen molar-refractivity contribution in [2.45, 2.75) is 6.42 Å². The first kappa shape index (κ1) is 13.5. The van der Waals surface area contributed by atoms with E-state index in [2.05, 4.69) is 62.5 Å². The molecule has 0 saturated carbocycles. The van der Waals surface area contributed by atoms with E-state index >= 15 is 0 Å². The van der Waals surface area contributed by atoms with Crippen molar-refractivity contribution in [3.05, 3.63) is 95.2 Å². The van der Waals surface area contributed by atoms with E-state index in [4.69, 9.17) is 0 Å². The molecule has 0 amide bonds. The van der Waals surface area contributed by atoms with Crippen molar-refractivity contribution in [1.82, 2.24) is 19.9 Å². The summed E-state index contributed by atoms with van der Waals surface area (Å²) < 4.78 is 0. The monoisotopic (exact) mass is 300 g/mol. The standard InChI is InChI=1S/C19H16N4/c1-2-5-14(4-1)8-18-12-21-19(23-18)10-16-7-3-6-15(16)9-17-11-20-13-22-17/h1-9,11-13H,10H2,(H,20,22)(H,21,23)/b15-9+. The Morgan fingerprint density at radius 1 is 0.957 bits per heavy atom. The van der Waals surface area contributed by atoms with E-state index in [1.54, 1.807) is 6.33 Å². The molecule has 0 bridgehead atoms. The van der Waals surface area contributed by atoms with E-state index < -0.39 is 0 Å². The Morgan fingerprint density at radius 2 is 1.87 bits per heavy atom. The molecule has 2 aromatic heterocycles. The Balaban J connectivity index is 1.50. The highest BCUT2D eigenvalue weighted by atomic mass is 14.9. The minimum Gasteiger partial charge on any atom is -0.345 e. The Kier molecular flexibility index (Phi) is 3.48. The second-order valence-corrected chi connectivity index (χ2v) is 5.48. The van der Waals surface area contributed by atoms with Gasteiger partial charge in [-0.15, -0.1) is 0 Å². The maximum absolute atomic E-state index is 4.49. The van der Waals surface area contributed by atoms with E-state index in [1.807, 2.05) is 24.5 Å². The SMILES string of the molecule is C1=CC(=Cc2cnc(CC3=CC=C/C3=C\c3cnc[nH]3)[nH]2)C=C1. The van der Waals surface area contributed by atoms with Crippen molar-refractivity contribution < 1.29 is 0 Å². The van der Waals surface area contributed by atoms with Gasteiger partial charge in [0.2, 0.25) is 0 Å². The summed E-state index contributed by atoms with van der Waals surface area (Å²) in [6, 6.07) is 0. The van der Waals surface area contributed by atoms with Crippen LogP contribution in [0.5, 0.6) is 0 Å². The fourth-order valence-corrected chi connectivity index (χ4v) is 2.67. The summed E-state index contributed by atoms with van der Waals surface area (Å²) in [6.45, 7) is 0. The molecule has 2 aliphatic carbocycles. The lowest BCUT2D eigenvalue weighted by atomic mass is 10.1. The van der Waals surface area contributed by atoms with Gasteiger partial charge in [0.15, 0.2) is 0 Å². The summed E-state index contributed by atoms with van der Waals surface area (Å²) in [5, 5.41) is 0. The molecule has 112 valence electrons. The third kappa shape index (κ3) is 3.06. The smallest absolute Gasteiger partial charge is 0.110 e. The van der Waals surface area contributed by atoms with Gasteiger partial charge in [-0.05, 0) is 28.9 Å². The maximum Gasteiger partial charge on any atom is 0.110 e. The number of aromatic amines is 2. The molecule has 4 rings (SSSR count). The Labute approximate surface area is 134 Å². The molecule has 4 heteroatoms. The van der Waals surface area contributed by atoms with E-state index in [-0.39, 0.29) is 0 Å². The molecule has 4 nitrogen and oxygen atoms in total. The molecule has 0 aliphatic heterocycles. The van der Waals surface area contributed by atoms with E-state index in [9.17, 15) is 0 Å². The summed E-state index contributed by atoms with van der Waals surface area (Å²) in [5.41, 5.74) is 5.64. The summed E-state index contributed by atoms with van der Waals surface area (Å²) in [5.74, 6) is 0.966. The lowest BCUT2D eigenvalue weighted by molar-refractivity contribution is 1.02. The van der Waals surface area contributed by atoms with Crippen molar-refractivity contribution in [1.29, 1.82) is 0 Å². The fraction of sp³-hybridized carbons (Fsp3) is 0.0526. The van der Waals surface area contributed by atoms with Crippen LogP contribution in [0, 0.1) is 0 Å². The molecule has 0 atom stereocenters. The quantitative estimate of drug-likeness (QED) is 0.903. The highest BCUT2D eigenvalue weighted by Crippen LogP contribution is 2.24. The lowest BCUT2D eigenvalue weighted by Gasteiger charge is -2.02. The number of nitrogens with zero attached hydrogens (tertiary/aromatic N) is 2. The number of hydrogen-bond acceptors (Lipinski definition) is 2. The van der Waals surface area contributed by atoms with Crippen LogP contribution in [-0.2, 0) is 6.42 Å². The molecule has 0 saturated heterocycles. The number of H-pyrrole nitrogens is 2. The number of imidazole rings is 2. The normalized spacial score (nSPS) is 17.5. The number of rotatable bonds is 4. The molecule has 2 N–H and O–H groups in total. The third-order valence-electron chi connectivity index (χ3n) is 3.79. The van der Waals surface area contributed by atoms with Crippen molar-refractivity contribution >= 4 is 12.2 Å². The van der Waals surface area contributed by atoms with Gasteiger partial charge in [0.1, 0.15) is 5.82 Å². The van der Waals surface area contributed by atoms with Gasteiger partial charge in [0, 0.05) is 6.42 Å². The van der Waals surface area contributed by atoms with Crippen LogP contribution in [0.15, 0.2) is 78.0 Å². The van der Waals surface area contributed by atoms with Crippen LogP contribution in [0.2, 0.25) is 0 Å². The topological polar surface area (TPSA) is 57.4 Å². The van der Waals surface area contributed by atoms with E-state index in [1.165, 1.54) is 16.7 Å². The molecule has 0 spiro atoms. The highest BCUT2D eigenvalue weighted by molar-refractivity contribution is 5.64. The first-order valence-electron chi connectivity index (χ1n) is 7.55. The molecular formula is C19H16N4. The molecule has 0 radical (unpaired) electrons. The average molecular weight is 300 g/mol. The second kappa shape index (κ2) is 5.93. The zero-order valence-corrected chi connectivity index (χ0v) is 12.5. The largest absolute Gasteiger partial charge is 0.345 e. The van der Waals surface area contributed by atoms with Crippen molar-refractivity contribution in [2.75, 3.05) is 0 Å². The molecule has 2 aromatic rings. The average Bonchev–Trinajstić information content (AvgIpc) is 3.32. The third-order valence-corrected chi connectivity index (χ3v) is 3.79. The summed E-state index contributed by atoms with van der Waals surface area (Å²) >= 11 is 0. The minimum absolute atomic E-state index is 0.780. The minimum atomic E-state index is 0.780. The Bertz CT molecular complexity index is 870. The van der Waals surface area contributed by atoms with Gasteiger partial charge < -0.3 is 9.97 Å². The van der Waals surface area contributed by atoms with Crippen LogP contribution in [-0.4, -0.2) is 19.9 Å². The zero-order chi connectivity index (χ0) is 15.5. The summed E-state index contributed by atoms with van der Waals surface area (Å²) in [7, 11) is 0. The lowest BCUT2D eigenvalue weighted by Crippen LogP contribution is -1.93. The first-order chi connectivity index (χ1) is 11.4. The first-order valence-corrected chi connectivity index (χ1v) is 7.55. The van der Waals surface area contributed by atoms with Crippen LogP contribution in [0.25, 0.3) is 12.2 Å². The fourth-order valence-electron chi connectivity index (χ4n) is 2.67. The van der Waals surface area contributed by atoms with Gasteiger partial charge in [0.25, 0.3) is 0 Å². The number of aromatic nitrogens is 4. The second-order valence-electron chi connectivity index (χ2n) is 5.48. The van der Waals surface area contributed by atoms with Crippen molar-refractivity contribution in [3.8, 4) is 0 Å². The van der Waals surface area contributed by atoms with Gasteiger partial charge >= 0.3 is 0 Å². The van der Waals surface area contributed by atoms with Crippen LogP contribution >= 0.6 is 0 Å². The molecule has 0 fully saturated rings. The zero-order valence-electron chi connectivity index (χ0n) is 12.5. The molecular weight excluding hydrogens is 284 g/mol. The Morgan fingerprint density at radius 3 is 2.70 bits per heavy atom. The molecule has 2 aliphatic rings. The van der Waals surface area contributed by atoms with Gasteiger partial charge in [-0.2, -0.15) is 0 Å². The number of nitrogens with one attached hydrogen (secondary N) is 2. The van der Waals surface area contributed by atoms with Crippen molar-refractivity contribution in [2.24, 2.45) is 0 Å². The molecule has 0 aromatic carbocycles.